The Morgan fingerprint density at radius 2 is 1.90 bits per heavy atom. The van der Waals surface area contributed by atoms with Crippen molar-refractivity contribution >= 4 is 17.1 Å². The number of rotatable bonds is 8. The highest BCUT2D eigenvalue weighted by molar-refractivity contribution is 5.90. The normalized spacial score (nSPS) is 13.1. The van der Waals surface area contributed by atoms with E-state index >= 15 is 0 Å². The molecule has 8 nitrogen and oxygen atoms in total. The number of carbonyl (C=O) groups is 1. The molecule has 1 aromatic heterocycles. The maximum Gasteiger partial charge on any atom is 0.514 e. The molecule has 0 aliphatic rings. The van der Waals surface area contributed by atoms with Gasteiger partial charge in [0.1, 0.15) is 11.5 Å². The Morgan fingerprint density at radius 3 is 2.57 bits per heavy atom. The Balaban J connectivity index is 1.67. The van der Waals surface area contributed by atoms with Crippen molar-refractivity contribution in [3.8, 4) is 17.4 Å². The number of fused-ring (bicyclic) bond motifs is 1. The Labute approximate surface area is 174 Å². The number of hydrogen-bond acceptors (Lipinski definition) is 7. The van der Waals surface area contributed by atoms with Crippen LogP contribution < -0.4 is 14.8 Å². The van der Waals surface area contributed by atoms with E-state index in [1.807, 2.05) is 31.2 Å². The summed E-state index contributed by atoms with van der Waals surface area (Å²) >= 11 is 0. The van der Waals surface area contributed by atoms with Crippen LogP contribution in [0.3, 0.4) is 0 Å². The van der Waals surface area contributed by atoms with E-state index in [4.69, 9.17) is 9.47 Å². The zero-order valence-corrected chi connectivity index (χ0v) is 17.1. The number of methoxy groups -OCH3 is 2. The third-order valence-electron chi connectivity index (χ3n) is 4.86. The van der Waals surface area contributed by atoms with Crippen LogP contribution in [0.5, 0.6) is 17.4 Å². The van der Waals surface area contributed by atoms with Crippen molar-refractivity contribution in [1.29, 1.82) is 0 Å². The van der Waals surface area contributed by atoms with Gasteiger partial charge in [0.25, 0.3) is 0 Å². The number of benzene rings is 2. The van der Waals surface area contributed by atoms with Crippen LogP contribution in [0.25, 0.3) is 10.9 Å². The Bertz CT molecular complexity index is 999. The van der Waals surface area contributed by atoms with Gasteiger partial charge in [0.05, 0.1) is 25.8 Å². The minimum atomic E-state index is -0.878. The van der Waals surface area contributed by atoms with E-state index in [9.17, 15) is 15.0 Å². The second-order valence-corrected chi connectivity index (χ2v) is 7.03. The molecule has 0 aliphatic heterocycles. The molecule has 0 radical (unpaired) electrons. The number of aliphatic hydroxyl groups is 1. The minimum Gasteiger partial charge on any atom is -0.506 e. The number of hydrogen-bond donors (Lipinski definition) is 4. The van der Waals surface area contributed by atoms with Crippen molar-refractivity contribution in [1.82, 2.24) is 10.3 Å². The lowest BCUT2D eigenvalue weighted by atomic mass is 10.0. The number of aromatic nitrogens is 1. The molecule has 0 spiro atoms. The fourth-order valence-corrected chi connectivity index (χ4v) is 3.29. The predicted octanol–water partition coefficient (Wildman–Crippen LogP) is 3.28. The average Bonchev–Trinajstić information content (AvgIpc) is 3.17. The number of aromatic hydroxyl groups is 1. The van der Waals surface area contributed by atoms with Crippen molar-refractivity contribution in [2.24, 2.45) is 0 Å². The first-order valence-corrected chi connectivity index (χ1v) is 9.56. The fraction of sp³-hybridized carbons (Fsp3) is 0.318. The molecule has 0 bridgehead atoms. The standard InChI is InChI=1S/C22H26N2O6/c1-13(10-14-4-6-15(28-2)7-5-14)23-12-19(26)16-8-9-18(25)21-17(16)11-20(24-21)30-22(27)29-3/h4-9,11,13,19,23-26H,10,12H2,1-3H3. The van der Waals surface area contributed by atoms with Gasteiger partial charge in [0, 0.05) is 24.0 Å². The van der Waals surface area contributed by atoms with Gasteiger partial charge in [-0.1, -0.05) is 18.2 Å². The minimum absolute atomic E-state index is 0.0125. The molecular weight excluding hydrogens is 388 g/mol. The van der Waals surface area contributed by atoms with Gasteiger partial charge >= 0.3 is 6.16 Å². The first-order valence-electron chi connectivity index (χ1n) is 9.56. The molecule has 160 valence electrons. The van der Waals surface area contributed by atoms with Crippen molar-refractivity contribution in [2.45, 2.75) is 25.5 Å². The first-order chi connectivity index (χ1) is 14.4. The van der Waals surface area contributed by atoms with Crippen LogP contribution in [0, 0.1) is 0 Å². The summed E-state index contributed by atoms with van der Waals surface area (Å²) in [6.45, 7) is 2.36. The van der Waals surface area contributed by atoms with Crippen LogP contribution in [0.2, 0.25) is 0 Å². The van der Waals surface area contributed by atoms with E-state index in [0.29, 0.717) is 23.0 Å². The lowest BCUT2D eigenvalue weighted by molar-refractivity contribution is 0.120. The Morgan fingerprint density at radius 1 is 1.17 bits per heavy atom. The summed E-state index contributed by atoms with van der Waals surface area (Å²) in [4.78, 5) is 14.1. The smallest absolute Gasteiger partial charge is 0.506 e. The summed E-state index contributed by atoms with van der Waals surface area (Å²) < 4.78 is 14.6. The van der Waals surface area contributed by atoms with Gasteiger partial charge in [-0.3, -0.25) is 0 Å². The van der Waals surface area contributed by atoms with Crippen LogP contribution in [-0.4, -0.2) is 48.2 Å². The maximum absolute atomic E-state index is 11.3. The summed E-state index contributed by atoms with van der Waals surface area (Å²) in [6.07, 6.45) is -0.909. The third kappa shape index (κ3) is 5.03. The van der Waals surface area contributed by atoms with Crippen LogP contribution in [0.4, 0.5) is 4.79 Å². The van der Waals surface area contributed by atoms with Gasteiger partial charge in [0.15, 0.2) is 0 Å². The summed E-state index contributed by atoms with van der Waals surface area (Å²) in [6, 6.07) is 12.7. The van der Waals surface area contributed by atoms with E-state index in [1.54, 1.807) is 19.2 Å². The molecule has 3 aromatic rings. The summed E-state index contributed by atoms with van der Waals surface area (Å²) in [5, 5.41) is 24.7. The monoisotopic (exact) mass is 414 g/mol. The molecule has 2 aromatic carbocycles. The molecule has 2 atom stereocenters. The number of carbonyl (C=O) groups excluding carboxylic acids is 1. The molecular formula is C22H26N2O6. The average molecular weight is 414 g/mol. The molecule has 0 saturated heterocycles. The first kappa shape index (κ1) is 21.5. The highest BCUT2D eigenvalue weighted by Crippen LogP contribution is 2.33. The predicted molar refractivity (Wildman–Crippen MR) is 112 cm³/mol. The fourth-order valence-electron chi connectivity index (χ4n) is 3.29. The Kier molecular flexibility index (Phi) is 6.81. The maximum atomic E-state index is 11.3. The second kappa shape index (κ2) is 9.51. The molecule has 0 amide bonds. The molecule has 0 saturated carbocycles. The SMILES string of the molecule is COC(=O)Oc1cc2c(C(O)CNC(C)Cc3ccc(OC)cc3)ccc(O)c2[nH]1. The van der Waals surface area contributed by atoms with Gasteiger partial charge in [-0.15, -0.1) is 0 Å². The van der Waals surface area contributed by atoms with Crippen molar-refractivity contribution in [3.05, 3.63) is 53.6 Å². The Hall–Kier alpha value is -3.23. The number of phenols is 1. The van der Waals surface area contributed by atoms with Gasteiger partial charge in [-0.2, -0.15) is 0 Å². The van der Waals surface area contributed by atoms with E-state index < -0.39 is 12.3 Å². The van der Waals surface area contributed by atoms with Gasteiger partial charge in [0.2, 0.25) is 5.88 Å². The highest BCUT2D eigenvalue weighted by Gasteiger charge is 2.18. The van der Waals surface area contributed by atoms with E-state index in [0.717, 1.165) is 17.7 Å². The lowest BCUT2D eigenvalue weighted by Crippen LogP contribution is -2.32. The summed E-state index contributed by atoms with van der Waals surface area (Å²) in [5.41, 5.74) is 2.13. The van der Waals surface area contributed by atoms with E-state index in [1.165, 1.54) is 13.2 Å². The quantitative estimate of drug-likeness (QED) is 0.418. The lowest BCUT2D eigenvalue weighted by Gasteiger charge is -2.18. The molecule has 3 rings (SSSR count). The highest BCUT2D eigenvalue weighted by atomic mass is 16.7. The van der Waals surface area contributed by atoms with Crippen molar-refractivity contribution in [2.75, 3.05) is 20.8 Å². The largest absolute Gasteiger partial charge is 0.514 e. The summed E-state index contributed by atoms with van der Waals surface area (Å²) in [5.74, 6) is 0.919. The van der Waals surface area contributed by atoms with Crippen molar-refractivity contribution < 1.29 is 29.2 Å². The van der Waals surface area contributed by atoms with E-state index in [2.05, 4.69) is 15.0 Å². The third-order valence-corrected chi connectivity index (χ3v) is 4.86. The zero-order valence-electron chi connectivity index (χ0n) is 17.1. The molecule has 0 aliphatic carbocycles. The number of nitrogens with one attached hydrogen (secondary N) is 2. The van der Waals surface area contributed by atoms with E-state index in [-0.39, 0.29) is 17.7 Å². The number of H-pyrrole nitrogens is 1. The molecule has 2 unspecified atom stereocenters. The number of aromatic amines is 1. The van der Waals surface area contributed by atoms with Crippen LogP contribution in [-0.2, 0) is 11.2 Å². The number of ether oxygens (including phenoxy) is 3. The van der Waals surface area contributed by atoms with Crippen LogP contribution >= 0.6 is 0 Å². The molecule has 8 heteroatoms. The van der Waals surface area contributed by atoms with Gasteiger partial charge < -0.3 is 34.7 Å². The zero-order chi connectivity index (χ0) is 21.7. The summed E-state index contributed by atoms with van der Waals surface area (Å²) in [7, 11) is 2.84. The van der Waals surface area contributed by atoms with Gasteiger partial charge in [-0.25, -0.2) is 4.79 Å². The number of aliphatic hydroxyl groups excluding tert-OH is 1. The number of phenolic OH excluding ortho intramolecular Hbond substituents is 1. The molecule has 4 N–H and O–H groups in total. The molecule has 1 heterocycles. The topological polar surface area (TPSA) is 113 Å². The van der Waals surface area contributed by atoms with Crippen LogP contribution in [0.1, 0.15) is 24.2 Å². The van der Waals surface area contributed by atoms with Gasteiger partial charge in [-0.05, 0) is 42.7 Å². The second-order valence-electron chi connectivity index (χ2n) is 7.03. The van der Waals surface area contributed by atoms with Crippen LogP contribution in [0.15, 0.2) is 42.5 Å². The van der Waals surface area contributed by atoms with Crippen molar-refractivity contribution in [3.63, 3.8) is 0 Å². The molecule has 30 heavy (non-hydrogen) atoms. The molecule has 0 fully saturated rings.